The molecular weight excluding hydrogens is 418 g/mol. The molecule has 8 nitrogen and oxygen atoms in total. The molecule has 31 heavy (non-hydrogen) atoms. The van der Waals surface area contributed by atoms with Crippen molar-refractivity contribution >= 4 is 27.5 Å². The zero-order valence-electron chi connectivity index (χ0n) is 16.6. The van der Waals surface area contributed by atoms with Crippen LogP contribution in [0.5, 0.6) is 0 Å². The molecular formula is C22H21N3O5S. The van der Waals surface area contributed by atoms with Crippen molar-refractivity contribution in [1.82, 2.24) is 9.62 Å². The summed E-state index contributed by atoms with van der Waals surface area (Å²) in [5.41, 5.74) is 5.50. The number of piperidine rings is 1. The van der Waals surface area contributed by atoms with Crippen molar-refractivity contribution in [3.63, 3.8) is 0 Å². The number of nitrogens with two attached hydrogens (primary N) is 1. The van der Waals surface area contributed by atoms with E-state index >= 15 is 0 Å². The van der Waals surface area contributed by atoms with E-state index in [9.17, 15) is 22.8 Å². The van der Waals surface area contributed by atoms with Crippen molar-refractivity contribution in [3.05, 3.63) is 77.1 Å². The van der Waals surface area contributed by atoms with Crippen molar-refractivity contribution in [3.8, 4) is 0 Å². The SMILES string of the molecule is NC(=O)C1CCN(C2=C(NS(=O)(=O)c3ccccc3)C(=O)c3ccccc3C2=O)CC1. The standard InChI is InChI=1S/C22H21N3O5S/c23-22(28)14-10-12-25(13-11-14)19-18(24-31(29,30)15-6-2-1-3-7-15)20(26)16-8-4-5-9-17(16)21(19)27/h1-9,14,24H,10-13H2,(H2,23,28). The molecule has 0 aromatic heterocycles. The fourth-order valence-electron chi connectivity index (χ4n) is 3.94. The Morgan fingerprint density at radius 3 is 2.03 bits per heavy atom. The maximum atomic E-state index is 13.3. The maximum absolute atomic E-state index is 13.3. The highest BCUT2D eigenvalue weighted by Gasteiger charge is 2.38. The lowest BCUT2D eigenvalue weighted by Gasteiger charge is -2.36. The number of primary amides is 1. The minimum absolute atomic E-state index is 0.00567. The number of carbonyl (C=O) groups is 3. The number of amides is 1. The van der Waals surface area contributed by atoms with Crippen LogP contribution >= 0.6 is 0 Å². The van der Waals surface area contributed by atoms with Gasteiger partial charge in [0, 0.05) is 30.1 Å². The molecule has 1 amide bonds. The highest BCUT2D eigenvalue weighted by atomic mass is 32.2. The van der Waals surface area contributed by atoms with Crippen LogP contribution < -0.4 is 10.5 Å². The molecule has 1 aliphatic carbocycles. The summed E-state index contributed by atoms with van der Waals surface area (Å²) in [5.74, 6) is -1.72. The van der Waals surface area contributed by atoms with Gasteiger partial charge in [0.05, 0.1) is 4.90 Å². The lowest BCUT2D eigenvalue weighted by atomic mass is 9.88. The quantitative estimate of drug-likeness (QED) is 0.726. The predicted molar refractivity (Wildman–Crippen MR) is 112 cm³/mol. The van der Waals surface area contributed by atoms with Crippen LogP contribution in [0.1, 0.15) is 33.6 Å². The first-order chi connectivity index (χ1) is 14.8. The molecule has 0 bridgehead atoms. The molecule has 4 rings (SSSR count). The molecule has 2 aromatic rings. The molecule has 0 saturated carbocycles. The van der Waals surface area contributed by atoms with Gasteiger partial charge in [-0.25, -0.2) is 8.42 Å². The van der Waals surface area contributed by atoms with Crippen molar-refractivity contribution in [2.24, 2.45) is 11.7 Å². The van der Waals surface area contributed by atoms with Gasteiger partial charge < -0.3 is 10.6 Å². The number of nitrogens with zero attached hydrogens (tertiary/aromatic N) is 1. The normalized spacial score (nSPS) is 17.5. The molecule has 160 valence electrons. The van der Waals surface area contributed by atoms with Crippen molar-refractivity contribution in [2.75, 3.05) is 13.1 Å². The van der Waals surface area contributed by atoms with Gasteiger partial charge in [-0.05, 0) is 25.0 Å². The first kappa shape index (κ1) is 20.8. The van der Waals surface area contributed by atoms with Crippen LogP contribution in [0.4, 0.5) is 0 Å². The zero-order valence-corrected chi connectivity index (χ0v) is 17.4. The van der Waals surface area contributed by atoms with Gasteiger partial charge in [-0.15, -0.1) is 0 Å². The number of benzene rings is 2. The van der Waals surface area contributed by atoms with E-state index in [2.05, 4.69) is 4.72 Å². The second-order valence-electron chi connectivity index (χ2n) is 7.51. The summed E-state index contributed by atoms with van der Waals surface area (Å²) in [6, 6.07) is 14.0. The summed E-state index contributed by atoms with van der Waals surface area (Å²) >= 11 is 0. The summed E-state index contributed by atoms with van der Waals surface area (Å²) < 4.78 is 28.3. The maximum Gasteiger partial charge on any atom is 0.262 e. The molecule has 2 aliphatic rings. The van der Waals surface area contributed by atoms with Crippen molar-refractivity contribution in [2.45, 2.75) is 17.7 Å². The highest BCUT2D eigenvalue weighted by Crippen LogP contribution is 2.31. The first-order valence-corrected chi connectivity index (χ1v) is 11.3. The molecule has 0 radical (unpaired) electrons. The third-order valence-electron chi connectivity index (χ3n) is 5.60. The minimum atomic E-state index is -4.10. The van der Waals surface area contributed by atoms with Gasteiger partial charge in [-0.2, -0.15) is 0 Å². The molecule has 3 N–H and O–H groups in total. The van der Waals surface area contributed by atoms with E-state index in [0.29, 0.717) is 25.9 Å². The topological polar surface area (TPSA) is 127 Å². The van der Waals surface area contributed by atoms with Gasteiger partial charge in [-0.1, -0.05) is 42.5 Å². The Bertz CT molecular complexity index is 1200. The Kier molecular flexibility index (Phi) is 5.36. The van der Waals surface area contributed by atoms with Crippen LogP contribution in [0.3, 0.4) is 0 Å². The lowest BCUT2D eigenvalue weighted by molar-refractivity contribution is -0.123. The number of hydrogen-bond acceptors (Lipinski definition) is 6. The summed E-state index contributed by atoms with van der Waals surface area (Å²) in [5, 5.41) is 0. The average molecular weight is 439 g/mol. The Morgan fingerprint density at radius 1 is 0.903 bits per heavy atom. The van der Waals surface area contributed by atoms with Gasteiger partial charge in [0.15, 0.2) is 0 Å². The molecule has 1 fully saturated rings. The van der Waals surface area contributed by atoms with Gasteiger partial charge in [0.2, 0.25) is 17.5 Å². The molecule has 0 unspecified atom stereocenters. The summed E-state index contributed by atoms with van der Waals surface area (Å²) in [6.45, 7) is 0.612. The second kappa shape index (κ2) is 7.99. The molecule has 1 aliphatic heterocycles. The number of carbonyl (C=O) groups excluding carboxylic acids is 3. The van der Waals surface area contributed by atoms with E-state index < -0.39 is 27.5 Å². The third kappa shape index (κ3) is 3.84. The van der Waals surface area contributed by atoms with Gasteiger partial charge in [0.25, 0.3) is 10.0 Å². The highest BCUT2D eigenvalue weighted by molar-refractivity contribution is 7.89. The summed E-state index contributed by atoms with van der Waals surface area (Å²) in [4.78, 5) is 39.7. The first-order valence-electron chi connectivity index (χ1n) is 9.84. The Hall–Kier alpha value is -3.46. The number of fused-ring (bicyclic) bond motifs is 1. The van der Waals surface area contributed by atoms with Crippen molar-refractivity contribution < 1.29 is 22.8 Å². The fourth-order valence-corrected chi connectivity index (χ4v) is 5.03. The number of allylic oxidation sites excluding steroid dienone is 2. The Labute approximate surface area is 179 Å². The van der Waals surface area contributed by atoms with E-state index in [4.69, 9.17) is 5.73 Å². The number of likely N-dealkylation sites (tertiary alicyclic amines) is 1. The third-order valence-corrected chi connectivity index (χ3v) is 6.96. The van der Waals surface area contributed by atoms with Crippen LogP contribution in [0, 0.1) is 5.92 Å². The van der Waals surface area contributed by atoms with Crippen LogP contribution in [0.25, 0.3) is 0 Å². The number of ketones is 2. The van der Waals surface area contributed by atoms with Gasteiger partial charge in [-0.3, -0.25) is 19.1 Å². The zero-order chi connectivity index (χ0) is 22.2. The average Bonchev–Trinajstić information content (AvgIpc) is 2.78. The lowest BCUT2D eigenvalue weighted by Crippen LogP contribution is -2.44. The Morgan fingerprint density at radius 2 is 1.45 bits per heavy atom. The number of nitrogens with one attached hydrogen (secondary N) is 1. The molecule has 2 aromatic carbocycles. The van der Waals surface area contributed by atoms with E-state index in [1.165, 1.54) is 18.2 Å². The summed E-state index contributed by atoms with van der Waals surface area (Å²) in [6.07, 6.45) is 0.835. The fraction of sp³-hybridized carbons (Fsp3) is 0.227. The molecule has 0 spiro atoms. The van der Waals surface area contributed by atoms with Crippen LogP contribution in [-0.2, 0) is 14.8 Å². The van der Waals surface area contributed by atoms with Gasteiger partial charge in [0.1, 0.15) is 11.4 Å². The molecule has 1 saturated heterocycles. The van der Waals surface area contributed by atoms with Crippen molar-refractivity contribution in [1.29, 1.82) is 0 Å². The van der Waals surface area contributed by atoms with E-state index in [1.54, 1.807) is 41.3 Å². The number of sulfonamides is 1. The van der Waals surface area contributed by atoms with Crippen LogP contribution in [-0.4, -0.2) is 43.9 Å². The van der Waals surface area contributed by atoms with Crippen LogP contribution in [0.2, 0.25) is 0 Å². The number of Topliss-reactive ketones (excluding diaryl/α,β-unsaturated/α-hetero) is 2. The molecule has 1 heterocycles. The molecule has 9 heteroatoms. The number of rotatable bonds is 5. The van der Waals surface area contributed by atoms with E-state index in [0.717, 1.165) is 0 Å². The number of hydrogen-bond donors (Lipinski definition) is 2. The second-order valence-corrected chi connectivity index (χ2v) is 9.19. The van der Waals surface area contributed by atoms with E-state index in [1.807, 2.05) is 0 Å². The predicted octanol–water partition coefficient (Wildman–Crippen LogP) is 1.45. The van der Waals surface area contributed by atoms with Gasteiger partial charge >= 0.3 is 0 Å². The largest absolute Gasteiger partial charge is 0.369 e. The van der Waals surface area contributed by atoms with Crippen LogP contribution in [0.15, 0.2) is 70.9 Å². The monoisotopic (exact) mass is 439 g/mol. The van der Waals surface area contributed by atoms with E-state index in [-0.39, 0.29) is 33.3 Å². The smallest absolute Gasteiger partial charge is 0.262 e. The Balaban J connectivity index is 1.78. The minimum Gasteiger partial charge on any atom is -0.369 e. The molecule has 0 atom stereocenters. The summed E-state index contributed by atoms with van der Waals surface area (Å²) in [7, 11) is -4.10.